The van der Waals surface area contributed by atoms with Crippen LogP contribution in [-0.4, -0.2) is 14.4 Å². The van der Waals surface area contributed by atoms with E-state index in [1.807, 2.05) is 0 Å². The normalized spacial score (nSPS) is 12.4. The van der Waals surface area contributed by atoms with Gasteiger partial charge in [0.25, 0.3) is 0 Å². The lowest BCUT2D eigenvalue weighted by Crippen LogP contribution is -2.11. The van der Waals surface area contributed by atoms with Crippen molar-refractivity contribution >= 4 is 5.52 Å². The van der Waals surface area contributed by atoms with Crippen LogP contribution in [0.25, 0.3) is 16.8 Å². The Morgan fingerprint density at radius 3 is 2.12 bits per heavy atom. The minimum Gasteiger partial charge on any atom is -0.291 e. The lowest BCUT2D eigenvalue weighted by Gasteiger charge is -2.09. The highest BCUT2D eigenvalue weighted by Crippen LogP contribution is 2.32. The van der Waals surface area contributed by atoms with E-state index >= 15 is 0 Å². The van der Waals surface area contributed by atoms with Crippen LogP contribution in [-0.2, 0) is 12.4 Å². The quantitative estimate of drug-likeness (QED) is 0.611. The number of nitrogens with zero attached hydrogens (tertiary/aromatic N) is 4. The summed E-state index contributed by atoms with van der Waals surface area (Å²) in [6.07, 6.45) is -7.33. The average molecular weight is 356 g/mol. The monoisotopic (exact) mass is 356 g/mol. The Morgan fingerprint density at radius 2 is 1.60 bits per heavy atom. The molecule has 0 radical (unpaired) electrons. The highest BCUT2D eigenvalue weighted by Gasteiger charge is 2.37. The predicted molar refractivity (Wildman–Crippen MR) is 73.1 cm³/mol. The number of imidazole rings is 1. The standard InChI is InChI=1S/C15H6F6N4/c16-14(17,18)9-3-1-8(2-4-9)11-7-25-12(6-23-11)10(5-22)24-13(25)15(19,20)21/h1-4,6-7H. The first-order valence-electron chi connectivity index (χ1n) is 6.64. The van der Waals surface area contributed by atoms with Gasteiger partial charge in [0.1, 0.15) is 11.6 Å². The topological polar surface area (TPSA) is 54.0 Å². The Bertz CT molecular complexity index is 977. The van der Waals surface area contributed by atoms with E-state index in [0.29, 0.717) is 4.40 Å². The number of benzene rings is 1. The molecule has 0 saturated heterocycles. The molecule has 0 aliphatic heterocycles. The van der Waals surface area contributed by atoms with Gasteiger partial charge in [-0.1, -0.05) is 12.1 Å². The fraction of sp³-hybridized carbons (Fsp3) is 0.133. The fourth-order valence-corrected chi connectivity index (χ4v) is 2.25. The zero-order chi connectivity index (χ0) is 18.4. The molecule has 0 bridgehead atoms. The van der Waals surface area contributed by atoms with E-state index in [2.05, 4.69) is 9.97 Å². The summed E-state index contributed by atoms with van der Waals surface area (Å²) in [6.45, 7) is 0. The van der Waals surface area contributed by atoms with Crippen LogP contribution in [0.15, 0.2) is 36.7 Å². The molecular formula is C15H6F6N4. The zero-order valence-electron chi connectivity index (χ0n) is 12.0. The van der Waals surface area contributed by atoms with Crippen molar-refractivity contribution in [3.8, 4) is 17.3 Å². The van der Waals surface area contributed by atoms with E-state index in [0.717, 1.165) is 36.7 Å². The second-order valence-corrected chi connectivity index (χ2v) is 5.00. The van der Waals surface area contributed by atoms with Gasteiger partial charge in [-0.15, -0.1) is 0 Å². The van der Waals surface area contributed by atoms with Gasteiger partial charge in [0, 0.05) is 11.8 Å². The molecule has 3 rings (SSSR count). The largest absolute Gasteiger partial charge is 0.450 e. The average Bonchev–Trinajstić information content (AvgIpc) is 2.92. The van der Waals surface area contributed by atoms with Crippen LogP contribution in [0, 0.1) is 11.3 Å². The van der Waals surface area contributed by atoms with Gasteiger partial charge in [-0.2, -0.15) is 31.6 Å². The summed E-state index contributed by atoms with van der Waals surface area (Å²) >= 11 is 0. The van der Waals surface area contributed by atoms with Gasteiger partial charge in [0.15, 0.2) is 5.69 Å². The van der Waals surface area contributed by atoms with Crippen LogP contribution in [0.3, 0.4) is 0 Å². The van der Waals surface area contributed by atoms with Crippen molar-refractivity contribution in [1.29, 1.82) is 5.26 Å². The summed E-state index contributed by atoms with van der Waals surface area (Å²) in [6, 6.07) is 5.37. The van der Waals surface area contributed by atoms with Crippen molar-refractivity contribution in [1.82, 2.24) is 14.4 Å². The van der Waals surface area contributed by atoms with E-state index in [4.69, 9.17) is 5.26 Å². The van der Waals surface area contributed by atoms with Crippen molar-refractivity contribution in [3.63, 3.8) is 0 Å². The minimum absolute atomic E-state index is 0.00798. The van der Waals surface area contributed by atoms with Crippen LogP contribution >= 0.6 is 0 Å². The molecule has 0 unspecified atom stereocenters. The van der Waals surface area contributed by atoms with E-state index in [9.17, 15) is 26.3 Å². The molecule has 0 aliphatic carbocycles. The summed E-state index contributed by atoms with van der Waals surface area (Å²) in [5.41, 5.74) is -1.28. The van der Waals surface area contributed by atoms with Crippen LogP contribution in [0.2, 0.25) is 0 Å². The molecule has 4 nitrogen and oxygen atoms in total. The Morgan fingerprint density at radius 1 is 0.960 bits per heavy atom. The summed E-state index contributed by atoms with van der Waals surface area (Å²) in [5.74, 6) is -1.31. The zero-order valence-corrected chi connectivity index (χ0v) is 12.0. The maximum absolute atomic E-state index is 13.0. The second kappa shape index (κ2) is 5.47. The van der Waals surface area contributed by atoms with Gasteiger partial charge in [-0.25, -0.2) is 4.98 Å². The third kappa shape index (κ3) is 3.00. The van der Waals surface area contributed by atoms with Crippen LogP contribution < -0.4 is 0 Å². The molecule has 2 heterocycles. The number of alkyl halides is 6. The number of fused-ring (bicyclic) bond motifs is 1. The number of rotatable bonds is 1. The van der Waals surface area contributed by atoms with Gasteiger partial charge >= 0.3 is 12.4 Å². The van der Waals surface area contributed by atoms with Crippen molar-refractivity contribution < 1.29 is 26.3 Å². The molecule has 10 heteroatoms. The third-order valence-electron chi connectivity index (χ3n) is 3.39. The molecule has 25 heavy (non-hydrogen) atoms. The molecule has 2 aromatic heterocycles. The van der Waals surface area contributed by atoms with Gasteiger partial charge in [-0.3, -0.25) is 9.38 Å². The summed E-state index contributed by atoms with van der Waals surface area (Å²) in [4.78, 5) is 7.16. The lowest BCUT2D eigenvalue weighted by atomic mass is 10.1. The van der Waals surface area contributed by atoms with Crippen molar-refractivity contribution in [2.75, 3.05) is 0 Å². The van der Waals surface area contributed by atoms with Crippen molar-refractivity contribution in [3.05, 3.63) is 53.7 Å². The van der Waals surface area contributed by atoms with Crippen LogP contribution in [0.5, 0.6) is 0 Å². The summed E-state index contributed by atoms with van der Waals surface area (Å²) < 4.78 is 77.5. The molecule has 0 amide bonds. The number of hydrogen-bond donors (Lipinski definition) is 0. The van der Waals surface area contributed by atoms with E-state index in [-0.39, 0.29) is 16.8 Å². The third-order valence-corrected chi connectivity index (χ3v) is 3.39. The molecular weight excluding hydrogens is 350 g/mol. The van der Waals surface area contributed by atoms with Crippen molar-refractivity contribution in [2.45, 2.75) is 12.4 Å². The minimum atomic E-state index is -4.81. The molecule has 3 aromatic rings. The van der Waals surface area contributed by atoms with E-state index in [1.165, 1.54) is 0 Å². The van der Waals surface area contributed by atoms with Gasteiger partial charge in [0.2, 0.25) is 5.82 Å². The molecule has 0 N–H and O–H groups in total. The smallest absolute Gasteiger partial charge is 0.291 e. The molecule has 128 valence electrons. The highest BCUT2D eigenvalue weighted by atomic mass is 19.4. The molecule has 0 atom stereocenters. The fourth-order valence-electron chi connectivity index (χ4n) is 2.25. The molecule has 0 aliphatic rings. The van der Waals surface area contributed by atoms with E-state index in [1.54, 1.807) is 6.07 Å². The molecule has 0 spiro atoms. The first-order chi connectivity index (χ1) is 11.6. The number of halogens is 6. The van der Waals surface area contributed by atoms with Crippen LogP contribution in [0.4, 0.5) is 26.3 Å². The SMILES string of the molecule is N#Cc1nc(C(F)(F)F)n2cc(-c3ccc(C(F)(F)F)cc3)ncc12. The lowest BCUT2D eigenvalue weighted by molar-refractivity contribution is -0.145. The Kier molecular flexibility index (Phi) is 3.67. The molecule has 1 aromatic carbocycles. The number of hydrogen-bond acceptors (Lipinski definition) is 3. The Labute approximate surface area is 136 Å². The predicted octanol–water partition coefficient (Wildman–Crippen LogP) is 4.31. The van der Waals surface area contributed by atoms with E-state index < -0.39 is 29.4 Å². The van der Waals surface area contributed by atoms with Crippen LogP contribution in [0.1, 0.15) is 17.1 Å². The summed E-state index contributed by atoms with van der Waals surface area (Å²) in [5, 5.41) is 8.88. The number of nitriles is 1. The maximum Gasteiger partial charge on any atom is 0.450 e. The second-order valence-electron chi connectivity index (χ2n) is 5.00. The summed E-state index contributed by atoms with van der Waals surface area (Å²) in [7, 11) is 0. The Balaban J connectivity index is 2.14. The Hall–Kier alpha value is -3.09. The first kappa shape index (κ1) is 16.8. The highest BCUT2D eigenvalue weighted by molar-refractivity contribution is 5.64. The van der Waals surface area contributed by atoms with Gasteiger partial charge in [0.05, 0.1) is 17.5 Å². The molecule has 0 saturated carbocycles. The van der Waals surface area contributed by atoms with Gasteiger partial charge < -0.3 is 0 Å². The first-order valence-corrected chi connectivity index (χ1v) is 6.64. The number of aromatic nitrogens is 3. The van der Waals surface area contributed by atoms with Gasteiger partial charge in [-0.05, 0) is 12.1 Å². The maximum atomic E-state index is 13.0. The van der Waals surface area contributed by atoms with Crippen molar-refractivity contribution in [2.24, 2.45) is 0 Å². The molecule has 0 fully saturated rings.